The molecule has 4 nitrogen and oxygen atoms in total. The lowest BCUT2D eigenvalue weighted by molar-refractivity contribution is 0.518. The number of aromatic nitrogens is 2. The van der Waals surface area contributed by atoms with Crippen LogP contribution in [-0.4, -0.2) is 9.78 Å². The molecule has 4 heteroatoms. The van der Waals surface area contributed by atoms with Crippen molar-refractivity contribution in [2.45, 2.75) is 39.7 Å². The van der Waals surface area contributed by atoms with E-state index >= 15 is 0 Å². The molecule has 1 aromatic rings. The van der Waals surface area contributed by atoms with Gasteiger partial charge in [0.05, 0.1) is 11.7 Å². The summed E-state index contributed by atoms with van der Waals surface area (Å²) in [5.74, 6) is 11.5. The number of nitrogens with zero attached hydrogens (tertiary/aromatic N) is 2. The van der Waals surface area contributed by atoms with Crippen LogP contribution >= 0.6 is 0 Å². The summed E-state index contributed by atoms with van der Waals surface area (Å²) in [6.45, 7) is 5.93. The molecule has 0 fully saturated rings. The van der Waals surface area contributed by atoms with Crippen molar-refractivity contribution in [2.75, 3.05) is 0 Å². The fourth-order valence-electron chi connectivity index (χ4n) is 1.95. The van der Waals surface area contributed by atoms with E-state index in [0.29, 0.717) is 0 Å². The van der Waals surface area contributed by atoms with Gasteiger partial charge in [0.1, 0.15) is 0 Å². The third-order valence-electron chi connectivity index (χ3n) is 2.85. The second-order valence-corrected chi connectivity index (χ2v) is 3.89. The average molecular weight is 220 g/mol. The highest BCUT2D eigenvalue weighted by Gasteiger charge is 2.18. The molecule has 0 saturated heterocycles. The zero-order valence-corrected chi connectivity index (χ0v) is 10.5. The maximum atomic E-state index is 5.60. The Morgan fingerprint density at radius 1 is 1.50 bits per heavy atom. The minimum atomic E-state index is 0.134. The van der Waals surface area contributed by atoms with Gasteiger partial charge in [-0.3, -0.25) is 16.0 Å². The van der Waals surface area contributed by atoms with Crippen molar-refractivity contribution in [3.05, 3.63) is 17.0 Å². The van der Waals surface area contributed by atoms with Crippen molar-refractivity contribution >= 4 is 0 Å². The molecule has 0 bridgehead atoms. The summed E-state index contributed by atoms with van der Waals surface area (Å²) in [4.78, 5) is 0. The summed E-state index contributed by atoms with van der Waals surface area (Å²) in [5.41, 5.74) is 6.24. The van der Waals surface area contributed by atoms with Crippen molar-refractivity contribution < 1.29 is 0 Å². The third kappa shape index (κ3) is 2.63. The predicted octanol–water partition coefficient (Wildman–Crippen LogP) is 1.34. The third-order valence-corrected chi connectivity index (χ3v) is 2.85. The minimum absolute atomic E-state index is 0.134. The first-order valence-electron chi connectivity index (χ1n) is 5.47. The Morgan fingerprint density at radius 3 is 2.62 bits per heavy atom. The fourth-order valence-corrected chi connectivity index (χ4v) is 1.95. The van der Waals surface area contributed by atoms with Crippen molar-refractivity contribution in [1.82, 2.24) is 15.2 Å². The van der Waals surface area contributed by atoms with Crippen LogP contribution in [0, 0.1) is 25.7 Å². The van der Waals surface area contributed by atoms with E-state index in [1.807, 2.05) is 25.6 Å². The van der Waals surface area contributed by atoms with Crippen LogP contribution in [0.2, 0.25) is 0 Å². The average Bonchev–Trinajstić information content (AvgIpc) is 2.50. The van der Waals surface area contributed by atoms with Crippen molar-refractivity contribution in [3.63, 3.8) is 0 Å². The van der Waals surface area contributed by atoms with Crippen LogP contribution in [0.3, 0.4) is 0 Å². The van der Waals surface area contributed by atoms with Crippen LogP contribution in [0.4, 0.5) is 0 Å². The summed E-state index contributed by atoms with van der Waals surface area (Å²) in [7, 11) is 1.95. The summed E-state index contributed by atoms with van der Waals surface area (Å²) < 4.78 is 1.89. The predicted molar refractivity (Wildman–Crippen MR) is 65.4 cm³/mol. The largest absolute Gasteiger partial charge is 0.272 e. The van der Waals surface area contributed by atoms with Gasteiger partial charge in [0.25, 0.3) is 0 Å². The quantitative estimate of drug-likeness (QED) is 0.457. The lowest BCUT2D eigenvalue weighted by atomic mass is 10.0. The minimum Gasteiger partial charge on any atom is -0.272 e. The Hall–Kier alpha value is -1.31. The van der Waals surface area contributed by atoms with E-state index in [4.69, 9.17) is 5.84 Å². The van der Waals surface area contributed by atoms with Gasteiger partial charge in [0.2, 0.25) is 0 Å². The maximum Gasteiger partial charge on any atom is 0.0644 e. The molecule has 0 aliphatic heterocycles. The highest BCUT2D eigenvalue weighted by atomic mass is 15.3. The molecule has 0 saturated carbocycles. The fraction of sp³-hybridized carbons (Fsp3) is 0.583. The van der Waals surface area contributed by atoms with Gasteiger partial charge in [-0.2, -0.15) is 5.10 Å². The van der Waals surface area contributed by atoms with Crippen LogP contribution in [0.15, 0.2) is 0 Å². The Morgan fingerprint density at radius 2 is 2.19 bits per heavy atom. The second-order valence-electron chi connectivity index (χ2n) is 3.89. The smallest absolute Gasteiger partial charge is 0.0644 e. The molecule has 0 radical (unpaired) electrons. The summed E-state index contributed by atoms with van der Waals surface area (Å²) in [6.07, 6.45) is 1.75. The summed E-state index contributed by atoms with van der Waals surface area (Å²) in [6, 6.07) is 0.134. The first-order valence-corrected chi connectivity index (χ1v) is 5.47. The monoisotopic (exact) mass is 220 g/mol. The van der Waals surface area contributed by atoms with E-state index in [9.17, 15) is 0 Å². The molecule has 0 aromatic carbocycles. The summed E-state index contributed by atoms with van der Waals surface area (Å²) in [5, 5.41) is 4.39. The Labute approximate surface area is 97.2 Å². The zero-order chi connectivity index (χ0) is 12.1. The van der Waals surface area contributed by atoms with Crippen LogP contribution in [-0.2, 0) is 7.05 Å². The van der Waals surface area contributed by atoms with Gasteiger partial charge in [0, 0.05) is 24.7 Å². The van der Waals surface area contributed by atoms with Crippen LogP contribution in [0.5, 0.6) is 0 Å². The molecule has 1 unspecified atom stereocenters. The molecule has 1 heterocycles. The van der Waals surface area contributed by atoms with Gasteiger partial charge < -0.3 is 0 Å². The number of hydrogen-bond donors (Lipinski definition) is 2. The number of hydrogen-bond acceptors (Lipinski definition) is 3. The van der Waals surface area contributed by atoms with Crippen molar-refractivity contribution in [1.29, 1.82) is 0 Å². The molecule has 3 N–H and O–H groups in total. The molecular weight excluding hydrogens is 200 g/mol. The number of nitrogens with one attached hydrogen (secondary N) is 1. The zero-order valence-electron chi connectivity index (χ0n) is 10.5. The number of aryl methyl sites for hydroxylation is 2. The van der Waals surface area contributed by atoms with E-state index in [1.165, 1.54) is 5.56 Å². The van der Waals surface area contributed by atoms with Gasteiger partial charge in [-0.05, 0) is 27.2 Å². The molecule has 1 atom stereocenters. The van der Waals surface area contributed by atoms with E-state index < -0.39 is 0 Å². The van der Waals surface area contributed by atoms with Gasteiger partial charge in [-0.25, -0.2) is 0 Å². The van der Waals surface area contributed by atoms with E-state index in [0.717, 1.165) is 24.2 Å². The van der Waals surface area contributed by atoms with Gasteiger partial charge in [-0.1, -0.05) is 0 Å². The lowest BCUT2D eigenvalue weighted by Gasteiger charge is -2.15. The molecule has 0 amide bonds. The molecular formula is C12H20N4. The first-order chi connectivity index (χ1) is 7.61. The number of hydrazine groups is 1. The molecule has 16 heavy (non-hydrogen) atoms. The van der Waals surface area contributed by atoms with Gasteiger partial charge in [0.15, 0.2) is 0 Å². The molecule has 0 aliphatic rings. The Balaban J connectivity index is 2.88. The highest BCUT2D eigenvalue weighted by molar-refractivity contribution is 5.28. The van der Waals surface area contributed by atoms with Gasteiger partial charge in [-0.15, -0.1) is 11.8 Å². The number of nitrogens with two attached hydrogens (primary N) is 1. The molecule has 0 spiro atoms. The second kappa shape index (κ2) is 5.69. The standard InChI is InChI=1S/C12H20N4/c1-5-6-7-8-11(14-13)12-9(2)15-16(4)10(12)3/h11,14H,7-8,13H2,1-4H3. The SMILES string of the molecule is CC#CCCC(NN)c1c(C)nn(C)c1C. The van der Waals surface area contributed by atoms with Gasteiger partial charge >= 0.3 is 0 Å². The molecule has 88 valence electrons. The van der Waals surface area contributed by atoms with E-state index in [2.05, 4.69) is 29.3 Å². The Bertz CT molecular complexity index is 409. The maximum absolute atomic E-state index is 5.60. The van der Waals surface area contributed by atoms with Crippen molar-refractivity contribution in [2.24, 2.45) is 12.9 Å². The Kier molecular flexibility index (Phi) is 4.53. The van der Waals surface area contributed by atoms with Crippen LogP contribution in [0.25, 0.3) is 0 Å². The van der Waals surface area contributed by atoms with Crippen molar-refractivity contribution in [3.8, 4) is 11.8 Å². The lowest BCUT2D eigenvalue weighted by Crippen LogP contribution is -2.28. The van der Waals surface area contributed by atoms with Crippen LogP contribution in [0.1, 0.15) is 42.8 Å². The summed E-state index contributed by atoms with van der Waals surface area (Å²) >= 11 is 0. The van der Waals surface area contributed by atoms with Crippen LogP contribution < -0.4 is 11.3 Å². The number of rotatable bonds is 4. The molecule has 0 aliphatic carbocycles. The molecule has 1 rings (SSSR count). The highest BCUT2D eigenvalue weighted by Crippen LogP contribution is 2.23. The van der Waals surface area contributed by atoms with E-state index in [1.54, 1.807) is 0 Å². The topological polar surface area (TPSA) is 55.9 Å². The first kappa shape index (κ1) is 12.8. The molecule has 1 aromatic heterocycles. The normalized spacial score (nSPS) is 12.1. The van der Waals surface area contributed by atoms with E-state index in [-0.39, 0.29) is 6.04 Å².